The molecule has 118 valence electrons. The van der Waals surface area contributed by atoms with Crippen LogP contribution in [0.5, 0.6) is 0 Å². The van der Waals surface area contributed by atoms with E-state index in [1.807, 2.05) is 4.90 Å². The second kappa shape index (κ2) is 6.43. The summed E-state index contributed by atoms with van der Waals surface area (Å²) >= 11 is 0. The van der Waals surface area contributed by atoms with E-state index in [4.69, 9.17) is 5.11 Å². The van der Waals surface area contributed by atoms with Gasteiger partial charge in [0.05, 0.1) is 17.9 Å². The van der Waals surface area contributed by atoms with E-state index in [1.54, 1.807) is 11.8 Å². The summed E-state index contributed by atoms with van der Waals surface area (Å²) in [5, 5.41) is 18.3. The van der Waals surface area contributed by atoms with Crippen LogP contribution in [-0.2, 0) is 14.4 Å². The van der Waals surface area contributed by atoms with Crippen LogP contribution < -0.4 is 0 Å². The van der Waals surface area contributed by atoms with Crippen molar-refractivity contribution in [2.45, 2.75) is 32.2 Å². The summed E-state index contributed by atoms with van der Waals surface area (Å²) in [7, 11) is 0. The summed E-state index contributed by atoms with van der Waals surface area (Å²) < 4.78 is 0. The zero-order chi connectivity index (χ0) is 15.6. The van der Waals surface area contributed by atoms with E-state index in [9.17, 15) is 19.5 Å². The minimum Gasteiger partial charge on any atom is -0.481 e. The molecule has 3 atom stereocenters. The molecule has 2 saturated heterocycles. The van der Waals surface area contributed by atoms with Crippen LogP contribution in [-0.4, -0.2) is 70.1 Å². The molecule has 2 rings (SSSR count). The molecule has 7 nitrogen and oxygen atoms in total. The van der Waals surface area contributed by atoms with E-state index in [-0.39, 0.29) is 24.9 Å². The van der Waals surface area contributed by atoms with Gasteiger partial charge in [-0.25, -0.2) is 0 Å². The van der Waals surface area contributed by atoms with Gasteiger partial charge in [-0.2, -0.15) is 0 Å². The molecule has 0 bridgehead atoms. The normalized spacial score (nSPS) is 28.3. The van der Waals surface area contributed by atoms with Gasteiger partial charge in [-0.15, -0.1) is 0 Å². The average Bonchev–Trinajstić information content (AvgIpc) is 2.99. The maximum absolute atomic E-state index is 12.4. The zero-order valence-electron chi connectivity index (χ0n) is 12.2. The molecule has 0 aromatic carbocycles. The number of piperidine rings is 1. The highest BCUT2D eigenvalue weighted by molar-refractivity contribution is 5.83. The Hall–Kier alpha value is -1.63. The lowest BCUT2D eigenvalue weighted by Crippen LogP contribution is -2.53. The predicted octanol–water partition coefficient (Wildman–Crippen LogP) is 0.105. The molecule has 2 heterocycles. The van der Waals surface area contributed by atoms with Gasteiger partial charge in [0.1, 0.15) is 0 Å². The fourth-order valence-corrected chi connectivity index (χ4v) is 3.23. The van der Waals surface area contributed by atoms with Crippen LogP contribution in [0.3, 0.4) is 0 Å². The van der Waals surface area contributed by atoms with Crippen molar-refractivity contribution in [1.29, 1.82) is 0 Å². The third-order valence-corrected chi connectivity index (χ3v) is 4.60. The largest absolute Gasteiger partial charge is 0.481 e. The first-order valence-electron chi connectivity index (χ1n) is 7.40. The molecule has 2 aliphatic heterocycles. The lowest BCUT2D eigenvalue weighted by molar-refractivity contribution is -0.158. The van der Waals surface area contributed by atoms with E-state index in [1.165, 1.54) is 0 Å². The molecule has 2 aliphatic rings. The molecule has 0 saturated carbocycles. The van der Waals surface area contributed by atoms with Gasteiger partial charge in [0, 0.05) is 19.6 Å². The number of carbonyl (C=O) groups is 3. The molecular formula is C14H22N2O5. The minimum atomic E-state index is -1.10. The molecule has 7 heteroatoms. The van der Waals surface area contributed by atoms with E-state index >= 15 is 0 Å². The maximum atomic E-state index is 12.4. The number of likely N-dealkylation sites (tertiary alicyclic amines) is 2. The molecule has 2 N–H and O–H groups in total. The van der Waals surface area contributed by atoms with Gasteiger partial charge in [-0.3, -0.25) is 19.3 Å². The third-order valence-electron chi connectivity index (χ3n) is 4.60. The van der Waals surface area contributed by atoms with Gasteiger partial charge in [0.25, 0.3) is 0 Å². The molecular weight excluding hydrogens is 276 g/mol. The number of nitrogens with zero attached hydrogens (tertiary/aromatic N) is 2. The molecule has 0 spiro atoms. The van der Waals surface area contributed by atoms with Gasteiger partial charge in [-0.1, -0.05) is 0 Å². The molecule has 0 aromatic rings. The lowest BCUT2D eigenvalue weighted by Gasteiger charge is -2.38. The van der Waals surface area contributed by atoms with Crippen LogP contribution >= 0.6 is 0 Å². The Bertz CT molecular complexity index is 433. The third kappa shape index (κ3) is 3.34. The Kier molecular flexibility index (Phi) is 4.82. The van der Waals surface area contributed by atoms with Crippen LogP contribution in [0.15, 0.2) is 0 Å². The predicted molar refractivity (Wildman–Crippen MR) is 73.7 cm³/mol. The van der Waals surface area contributed by atoms with E-state index < -0.39 is 23.8 Å². The quantitative estimate of drug-likeness (QED) is 0.764. The lowest BCUT2D eigenvalue weighted by atomic mass is 9.85. The summed E-state index contributed by atoms with van der Waals surface area (Å²) in [6.45, 7) is 3.86. The van der Waals surface area contributed by atoms with Gasteiger partial charge in [-0.05, 0) is 32.7 Å². The number of rotatable bonds is 4. The van der Waals surface area contributed by atoms with Gasteiger partial charge < -0.3 is 15.1 Å². The van der Waals surface area contributed by atoms with Crippen molar-refractivity contribution in [1.82, 2.24) is 9.80 Å². The Labute approximate surface area is 123 Å². The molecule has 0 radical (unpaired) electrons. The molecule has 2 fully saturated rings. The Balaban J connectivity index is 2.02. The van der Waals surface area contributed by atoms with Crippen LogP contribution in [0, 0.1) is 11.8 Å². The Morgan fingerprint density at radius 3 is 2.10 bits per heavy atom. The number of amides is 1. The number of hydrogen-bond acceptors (Lipinski definition) is 4. The Morgan fingerprint density at radius 2 is 1.57 bits per heavy atom. The van der Waals surface area contributed by atoms with Crippen LogP contribution in [0.2, 0.25) is 0 Å². The molecule has 21 heavy (non-hydrogen) atoms. The fourth-order valence-electron chi connectivity index (χ4n) is 3.23. The van der Waals surface area contributed by atoms with Crippen molar-refractivity contribution in [2.75, 3.05) is 26.2 Å². The van der Waals surface area contributed by atoms with Crippen molar-refractivity contribution in [2.24, 2.45) is 11.8 Å². The van der Waals surface area contributed by atoms with E-state index in [0.29, 0.717) is 6.54 Å². The van der Waals surface area contributed by atoms with Crippen molar-refractivity contribution >= 4 is 17.8 Å². The average molecular weight is 298 g/mol. The first kappa shape index (κ1) is 15.8. The summed E-state index contributed by atoms with van der Waals surface area (Å²) in [6, 6.07) is -0.389. The summed E-state index contributed by atoms with van der Waals surface area (Å²) in [4.78, 5) is 38.4. The number of carboxylic acid groups (broad SMARTS) is 2. The van der Waals surface area contributed by atoms with E-state index in [0.717, 1.165) is 25.9 Å². The SMILES string of the molecule is CC(C(=O)N1CCCC1)N1CCC(C(=O)O)C(C(=O)O)C1. The van der Waals surface area contributed by atoms with E-state index in [2.05, 4.69) is 0 Å². The van der Waals surface area contributed by atoms with Crippen molar-refractivity contribution < 1.29 is 24.6 Å². The van der Waals surface area contributed by atoms with Crippen LogP contribution in [0.25, 0.3) is 0 Å². The summed E-state index contributed by atoms with van der Waals surface area (Å²) in [6.07, 6.45) is 2.29. The molecule has 1 amide bonds. The highest BCUT2D eigenvalue weighted by Crippen LogP contribution is 2.26. The molecule has 0 aromatic heterocycles. The fraction of sp³-hybridized carbons (Fsp3) is 0.786. The maximum Gasteiger partial charge on any atom is 0.308 e. The zero-order valence-corrected chi connectivity index (χ0v) is 12.2. The number of carbonyl (C=O) groups excluding carboxylic acids is 1. The van der Waals surface area contributed by atoms with Gasteiger partial charge >= 0.3 is 11.9 Å². The highest BCUT2D eigenvalue weighted by Gasteiger charge is 2.41. The van der Waals surface area contributed by atoms with Crippen molar-refractivity contribution in [3.8, 4) is 0 Å². The highest BCUT2D eigenvalue weighted by atomic mass is 16.4. The molecule has 3 unspecified atom stereocenters. The summed E-state index contributed by atoms with van der Waals surface area (Å²) in [5.41, 5.74) is 0. The second-order valence-corrected chi connectivity index (χ2v) is 5.88. The van der Waals surface area contributed by atoms with Crippen LogP contribution in [0.4, 0.5) is 0 Å². The Morgan fingerprint density at radius 1 is 1.00 bits per heavy atom. The minimum absolute atomic E-state index is 0.0189. The van der Waals surface area contributed by atoms with Crippen molar-refractivity contribution in [3.63, 3.8) is 0 Å². The second-order valence-electron chi connectivity index (χ2n) is 5.88. The molecule has 0 aliphatic carbocycles. The first-order chi connectivity index (χ1) is 9.91. The number of aliphatic carboxylic acids is 2. The van der Waals surface area contributed by atoms with Gasteiger partial charge in [0.2, 0.25) is 5.91 Å². The van der Waals surface area contributed by atoms with Crippen molar-refractivity contribution in [3.05, 3.63) is 0 Å². The topological polar surface area (TPSA) is 98.2 Å². The smallest absolute Gasteiger partial charge is 0.308 e. The van der Waals surface area contributed by atoms with Crippen LogP contribution in [0.1, 0.15) is 26.2 Å². The number of hydrogen-bond donors (Lipinski definition) is 2. The standard InChI is InChI=1S/C14H22N2O5/c1-9(12(17)15-5-2-3-6-15)16-7-4-10(13(18)19)11(8-16)14(20)21/h9-11H,2-8H2,1H3,(H,18,19)(H,20,21). The van der Waals surface area contributed by atoms with Gasteiger partial charge in [0.15, 0.2) is 0 Å². The first-order valence-corrected chi connectivity index (χ1v) is 7.40. The number of carboxylic acids is 2. The summed E-state index contributed by atoms with van der Waals surface area (Å²) in [5.74, 6) is -3.98. The monoisotopic (exact) mass is 298 g/mol.